The van der Waals surface area contributed by atoms with Gasteiger partial charge in [-0.05, 0) is 37.6 Å². The molecule has 1 rings (SSSR count). The number of sulfonamides is 1. The Morgan fingerprint density at radius 1 is 1.25 bits per heavy atom. The van der Waals surface area contributed by atoms with E-state index in [0.717, 1.165) is 6.42 Å². The number of halogens is 1. The summed E-state index contributed by atoms with van der Waals surface area (Å²) in [7, 11) is -3.45. The van der Waals surface area contributed by atoms with Crippen LogP contribution in [0.3, 0.4) is 0 Å². The highest BCUT2D eigenvalue weighted by Gasteiger charge is 2.26. The Kier molecular flexibility index (Phi) is 6.79. The predicted molar refractivity (Wildman–Crippen MR) is 82.0 cm³/mol. The molecule has 0 aliphatic heterocycles. The van der Waals surface area contributed by atoms with Crippen molar-refractivity contribution >= 4 is 21.6 Å². The van der Waals surface area contributed by atoms with Gasteiger partial charge in [0, 0.05) is 12.6 Å². The van der Waals surface area contributed by atoms with E-state index in [9.17, 15) is 8.42 Å². The molecule has 20 heavy (non-hydrogen) atoms. The summed E-state index contributed by atoms with van der Waals surface area (Å²) >= 11 is 5.54. The average molecular weight is 320 g/mol. The maximum absolute atomic E-state index is 12.6. The quantitative estimate of drug-likeness (QED) is 0.692. The van der Waals surface area contributed by atoms with Crippen LogP contribution in [0.2, 0.25) is 0 Å². The predicted octanol–water partition coefficient (Wildman–Crippen LogP) is 3.11. The van der Waals surface area contributed by atoms with Gasteiger partial charge in [-0.1, -0.05) is 13.8 Å². The van der Waals surface area contributed by atoms with Crippen LogP contribution in [0.5, 0.6) is 5.75 Å². The third-order valence-corrected chi connectivity index (χ3v) is 5.43. The Balaban J connectivity index is 2.97. The topological polar surface area (TPSA) is 46.6 Å². The van der Waals surface area contributed by atoms with E-state index < -0.39 is 10.0 Å². The zero-order valence-corrected chi connectivity index (χ0v) is 13.7. The van der Waals surface area contributed by atoms with Gasteiger partial charge in [0.15, 0.2) is 0 Å². The molecule has 6 heteroatoms. The van der Waals surface area contributed by atoms with Gasteiger partial charge in [0.2, 0.25) is 10.0 Å². The molecule has 114 valence electrons. The van der Waals surface area contributed by atoms with E-state index >= 15 is 0 Å². The van der Waals surface area contributed by atoms with Crippen molar-refractivity contribution < 1.29 is 13.2 Å². The average Bonchev–Trinajstić information content (AvgIpc) is 2.45. The number of hydrogen-bond acceptors (Lipinski definition) is 3. The summed E-state index contributed by atoms with van der Waals surface area (Å²) in [4.78, 5) is 0.290. The van der Waals surface area contributed by atoms with Gasteiger partial charge in [0.05, 0.1) is 10.8 Å². The van der Waals surface area contributed by atoms with Gasteiger partial charge in [-0.3, -0.25) is 0 Å². The summed E-state index contributed by atoms with van der Waals surface area (Å²) in [6.45, 7) is 6.61. The molecule has 0 saturated heterocycles. The third-order valence-electron chi connectivity index (χ3n) is 3.17. The highest BCUT2D eigenvalue weighted by molar-refractivity contribution is 7.89. The molecule has 0 amide bonds. The van der Waals surface area contributed by atoms with Gasteiger partial charge in [0.25, 0.3) is 0 Å². The minimum atomic E-state index is -3.45. The van der Waals surface area contributed by atoms with Crippen LogP contribution in [0, 0.1) is 0 Å². The van der Waals surface area contributed by atoms with Gasteiger partial charge in [0.1, 0.15) is 12.4 Å². The highest BCUT2D eigenvalue weighted by atomic mass is 35.5. The summed E-state index contributed by atoms with van der Waals surface area (Å²) < 4.78 is 32.0. The molecule has 4 nitrogen and oxygen atoms in total. The first-order valence-electron chi connectivity index (χ1n) is 6.78. The molecule has 0 radical (unpaired) electrons. The summed E-state index contributed by atoms with van der Waals surface area (Å²) in [5, 5.41) is 0. The second-order valence-electron chi connectivity index (χ2n) is 4.47. The standard InChI is InChI=1S/C14H22ClNO3S/c1-4-12(3)16(5-2)20(17,18)14-8-6-13(7-9-14)19-11-10-15/h6-9,12H,4-5,10-11H2,1-3H3. The molecular weight excluding hydrogens is 298 g/mol. The second-order valence-corrected chi connectivity index (χ2v) is 6.74. The number of nitrogens with zero attached hydrogens (tertiary/aromatic N) is 1. The molecule has 0 bridgehead atoms. The first kappa shape index (κ1) is 17.3. The Bertz CT molecular complexity index is 502. The van der Waals surface area contributed by atoms with Crippen molar-refractivity contribution in [2.45, 2.75) is 38.1 Å². The molecule has 0 N–H and O–H groups in total. The minimum absolute atomic E-state index is 0.0165. The fourth-order valence-corrected chi connectivity index (χ4v) is 3.71. The normalized spacial score (nSPS) is 13.4. The maximum atomic E-state index is 12.6. The first-order chi connectivity index (χ1) is 9.47. The molecule has 0 spiro atoms. The van der Waals surface area contributed by atoms with Crippen LogP contribution in [0.25, 0.3) is 0 Å². The molecule has 0 fully saturated rings. The highest BCUT2D eigenvalue weighted by Crippen LogP contribution is 2.22. The summed E-state index contributed by atoms with van der Waals surface area (Å²) in [6.07, 6.45) is 0.782. The number of rotatable bonds is 8. The van der Waals surface area contributed by atoms with E-state index in [4.69, 9.17) is 16.3 Å². The van der Waals surface area contributed by atoms with Gasteiger partial charge in [-0.15, -0.1) is 11.6 Å². The van der Waals surface area contributed by atoms with Crippen molar-refractivity contribution in [2.24, 2.45) is 0 Å². The van der Waals surface area contributed by atoms with Crippen LogP contribution in [-0.2, 0) is 10.0 Å². The number of hydrogen-bond donors (Lipinski definition) is 0. The molecular formula is C14H22ClNO3S. The Hall–Kier alpha value is -0.780. The molecule has 1 atom stereocenters. The lowest BCUT2D eigenvalue weighted by Crippen LogP contribution is -2.38. The Morgan fingerprint density at radius 3 is 2.30 bits per heavy atom. The van der Waals surface area contributed by atoms with Gasteiger partial charge < -0.3 is 4.74 Å². The van der Waals surface area contributed by atoms with Gasteiger partial charge in [-0.25, -0.2) is 8.42 Å². The molecule has 0 aromatic heterocycles. The lowest BCUT2D eigenvalue weighted by atomic mass is 10.3. The third kappa shape index (κ3) is 4.11. The Labute approximate surface area is 126 Å². The van der Waals surface area contributed by atoms with E-state index in [-0.39, 0.29) is 10.9 Å². The molecule has 0 aliphatic carbocycles. The molecule has 0 aliphatic rings. The van der Waals surface area contributed by atoms with Crippen LogP contribution >= 0.6 is 11.6 Å². The number of alkyl halides is 1. The smallest absolute Gasteiger partial charge is 0.243 e. The van der Waals surface area contributed by atoms with E-state index in [1.165, 1.54) is 4.31 Å². The van der Waals surface area contributed by atoms with E-state index in [0.29, 0.717) is 24.8 Å². The van der Waals surface area contributed by atoms with Crippen LogP contribution in [0.1, 0.15) is 27.2 Å². The maximum Gasteiger partial charge on any atom is 0.243 e. The first-order valence-corrected chi connectivity index (χ1v) is 8.75. The number of benzene rings is 1. The van der Waals surface area contributed by atoms with E-state index in [1.54, 1.807) is 24.3 Å². The monoisotopic (exact) mass is 319 g/mol. The lowest BCUT2D eigenvalue weighted by molar-refractivity contribution is 0.340. The molecule has 1 aromatic rings. The zero-order chi connectivity index (χ0) is 15.2. The van der Waals surface area contributed by atoms with Crippen LogP contribution in [-0.4, -0.2) is 37.8 Å². The van der Waals surface area contributed by atoms with Crippen LogP contribution in [0.4, 0.5) is 0 Å². The minimum Gasteiger partial charge on any atom is -0.492 e. The molecule has 0 saturated carbocycles. The van der Waals surface area contributed by atoms with Crippen LogP contribution in [0.15, 0.2) is 29.2 Å². The van der Waals surface area contributed by atoms with Crippen LogP contribution < -0.4 is 4.74 Å². The van der Waals surface area contributed by atoms with Gasteiger partial charge in [-0.2, -0.15) is 4.31 Å². The molecule has 0 heterocycles. The fourth-order valence-electron chi connectivity index (χ4n) is 1.92. The largest absolute Gasteiger partial charge is 0.492 e. The zero-order valence-electron chi connectivity index (χ0n) is 12.2. The van der Waals surface area contributed by atoms with E-state index in [2.05, 4.69) is 0 Å². The van der Waals surface area contributed by atoms with E-state index in [1.807, 2.05) is 20.8 Å². The van der Waals surface area contributed by atoms with Crippen molar-refractivity contribution in [1.29, 1.82) is 0 Å². The van der Waals surface area contributed by atoms with Crippen molar-refractivity contribution in [3.8, 4) is 5.75 Å². The fraction of sp³-hybridized carbons (Fsp3) is 0.571. The lowest BCUT2D eigenvalue weighted by Gasteiger charge is -2.26. The number of ether oxygens (including phenoxy) is 1. The molecule has 1 unspecified atom stereocenters. The summed E-state index contributed by atoms with van der Waals surface area (Å²) in [5.74, 6) is 1.02. The van der Waals surface area contributed by atoms with Gasteiger partial charge >= 0.3 is 0 Å². The SMILES string of the molecule is CCC(C)N(CC)S(=O)(=O)c1ccc(OCCCl)cc1. The summed E-state index contributed by atoms with van der Waals surface area (Å²) in [6, 6.07) is 6.44. The second kappa shape index (κ2) is 7.86. The van der Waals surface area contributed by atoms with Crippen molar-refractivity contribution in [2.75, 3.05) is 19.0 Å². The van der Waals surface area contributed by atoms with Crippen molar-refractivity contribution in [3.05, 3.63) is 24.3 Å². The summed E-state index contributed by atoms with van der Waals surface area (Å²) in [5.41, 5.74) is 0. The van der Waals surface area contributed by atoms with Crippen molar-refractivity contribution in [3.63, 3.8) is 0 Å². The van der Waals surface area contributed by atoms with Crippen molar-refractivity contribution in [1.82, 2.24) is 4.31 Å². The Morgan fingerprint density at radius 2 is 1.85 bits per heavy atom. The molecule has 1 aromatic carbocycles.